The van der Waals surface area contributed by atoms with Gasteiger partial charge in [-0.3, -0.25) is 14.4 Å². The lowest BCUT2D eigenvalue weighted by atomic mass is 9.89. The van der Waals surface area contributed by atoms with Crippen LogP contribution in [-0.2, 0) is 6.54 Å². The number of fused-ring (bicyclic) bond motifs is 2. The van der Waals surface area contributed by atoms with Crippen LogP contribution in [0.4, 0.5) is 5.69 Å². The number of aryl methyl sites for hydroxylation is 1. The molecule has 2 N–H and O–H groups in total. The van der Waals surface area contributed by atoms with E-state index in [1.54, 1.807) is 23.3 Å². The molecule has 0 spiro atoms. The fourth-order valence-corrected chi connectivity index (χ4v) is 8.78. The van der Waals surface area contributed by atoms with E-state index in [4.69, 9.17) is 16.3 Å². The molecule has 1 amide bonds. The van der Waals surface area contributed by atoms with Gasteiger partial charge in [-0.25, -0.2) is 0 Å². The van der Waals surface area contributed by atoms with Crippen molar-refractivity contribution in [2.24, 2.45) is 0 Å². The molecule has 6 rings (SSSR count). The normalized spacial score (nSPS) is 18.4. The number of para-hydroxylation sites is 1. The van der Waals surface area contributed by atoms with Crippen LogP contribution >= 0.6 is 34.9 Å². The van der Waals surface area contributed by atoms with E-state index in [-0.39, 0.29) is 17.6 Å². The number of carbonyl (C=O) groups is 1. The third kappa shape index (κ3) is 6.91. The van der Waals surface area contributed by atoms with Gasteiger partial charge in [-0.05, 0) is 112 Å². The van der Waals surface area contributed by atoms with Crippen molar-refractivity contribution < 1.29 is 9.53 Å². The van der Waals surface area contributed by atoms with Crippen molar-refractivity contribution in [3.63, 3.8) is 0 Å². The first-order valence-electron chi connectivity index (χ1n) is 15.2. The van der Waals surface area contributed by atoms with Gasteiger partial charge >= 0.3 is 0 Å². The number of nitrogens with one attached hydrogen (secondary N) is 2. The second-order valence-corrected chi connectivity index (χ2v) is 15.2. The topological polar surface area (TPSA) is 53.6 Å². The molecule has 1 aliphatic carbocycles. The number of ether oxygens (including phenoxy) is 1. The number of hydrogen-bond donors (Lipinski definition) is 2. The summed E-state index contributed by atoms with van der Waals surface area (Å²) in [5.41, 5.74) is 4.54. The van der Waals surface area contributed by atoms with Gasteiger partial charge in [0, 0.05) is 51.6 Å². The molecule has 1 atom stereocenters. The number of carbonyl (C=O) groups excluding carboxylic acids is 1. The average molecular weight is 634 g/mol. The number of rotatable bonds is 8. The summed E-state index contributed by atoms with van der Waals surface area (Å²) >= 11 is 9.69. The van der Waals surface area contributed by atoms with Gasteiger partial charge < -0.3 is 10.1 Å². The molecule has 1 aromatic heterocycles. The van der Waals surface area contributed by atoms with E-state index in [1.807, 2.05) is 42.5 Å². The zero-order chi connectivity index (χ0) is 30.1. The molecule has 0 saturated heterocycles. The fourth-order valence-electron chi connectivity index (χ4n) is 6.39. The van der Waals surface area contributed by atoms with Crippen LogP contribution in [0.2, 0.25) is 5.02 Å². The molecule has 226 valence electrons. The summed E-state index contributed by atoms with van der Waals surface area (Å²) in [6.07, 6.45) is 7.24. The Balaban J connectivity index is 1.20. The minimum absolute atomic E-state index is 0.0149. The predicted molar refractivity (Wildman–Crippen MR) is 182 cm³/mol. The fraction of sp³-hybridized carbons (Fsp3) is 0.400. The van der Waals surface area contributed by atoms with E-state index < -0.39 is 0 Å². The van der Waals surface area contributed by atoms with Gasteiger partial charge in [0.05, 0.1) is 4.21 Å². The van der Waals surface area contributed by atoms with E-state index in [9.17, 15) is 4.79 Å². The number of hydrogen-bond acceptors (Lipinski definition) is 6. The van der Waals surface area contributed by atoms with Gasteiger partial charge in [0.25, 0.3) is 5.91 Å². The molecule has 8 heteroatoms. The highest BCUT2D eigenvalue weighted by Gasteiger charge is 2.34. The quantitative estimate of drug-likeness (QED) is 0.189. The highest BCUT2D eigenvalue weighted by Crippen LogP contribution is 2.44. The molecular weight excluding hydrogens is 594 g/mol. The van der Waals surface area contributed by atoms with E-state index in [0.717, 1.165) is 40.6 Å². The highest BCUT2D eigenvalue weighted by molar-refractivity contribution is 7.99. The summed E-state index contributed by atoms with van der Waals surface area (Å²) in [5.74, 6) is 0.712. The number of anilines is 1. The SMILES string of the molecule is Cc1c(SNC2CC(C)(C)Oc3ccc(C(=O)Nc4ccccc4CN(C)C4CCCCC4)cc32)sc2ccc(Cl)cc12. The first kappa shape index (κ1) is 30.5. The van der Waals surface area contributed by atoms with Crippen LogP contribution < -0.4 is 14.8 Å². The van der Waals surface area contributed by atoms with Crippen LogP contribution in [0.3, 0.4) is 0 Å². The lowest BCUT2D eigenvalue weighted by Crippen LogP contribution is -2.38. The van der Waals surface area contributed by atoms with E-state index in [2.05, 4.69) is 61.0 Å². The summed E-state index contributed by atoms with van der Waals surface area (Å²) in [4.78, 5) is 16.1. The zero-order valence-electron chi connectivity index (χ0n) is 25.3. The predicted octanol–water partition coefficient (Wildman–Crippen LogP) is 9.78. The van der Waals surface area contributed by atoms with Crippen molar-refractivity contribution in [1.29, 1.82) is 0 Å². The van der Waals surface area contributed by atoms with E-state index >= 15 is 0 Å². The van der Waals surface area contributed by atoms with Crippen LogP contribution in [0, 0.1) is 6.92 Å². The Hall–Kier alpha value is -2.55. The van der Waals surface area contributed by atoms with Crippen LogP contribution in [0.1, 0.15) is 85.5 Å². The molecule has 1 unspecified atom stereocenters. The van der Waals surface area contributed by atoms with Crippen molar-refractivity contribution in [2.75, 3.05) is 12.4 Å². The Bertz CT molecular complexity index is 1630. The molecule has 1 aliphatic heterocycles. The van der Waals surface area contributed by atoms with Crippen molar-refractivity contribution in [3.8, 4) is 5.75 Å². The lowest BCUT2D eigenvalue weighted by Gasteiger charge is -2.38. The maximum Gasteiger partial charge on any atom is 0.255 e. The second kappa shape index (κ2) is 12.8. The molecule has 5 nitrogen and oxygen atoms in total. The summed E-state index contributed by atoms with van der Waals surface area (Å²) in [7, 11) is 2.21. The first-order chi connectivity index (χ1) is 20.7. The molecule has 3 aromatic carbocycles. The Morgan fingerprint density at radius 1 is 1.09 bits per heavy atom. The monoisotopic (exact) mass is 633 g/mol. The largest absolute Gasteiger partial charge is 0.487 e. The minimum Gasteiger partial charge on any atom is -0.487 e. The molecule has 4 aromatic rings. The molecular formula is C35H40ClN3O2S2. The summed E-state index contributed by atoms with van der Waals surface area (Å²) in [6, 6.07) is 20.7. The number of halogens is 1. The van der Waals surface area contributed by atoms with Crippen molar-refractivity contribution >= 4 is 56.6 Å². The van der Waals surface area contributed by atoms with E-state index in [0.29, 0.717) is 11.6 Å². The molecule has 43 heavy (non-hydrogen) atoms. The Kier molecular flexibility index (Phi) is 9.09. The van der Waals surface area contributed by atoms with Gasteiger partial charge in [0.15, 0.2) is 0 Å². The Morgan fingerprint density at radius 3 is 2.70 bits per heavy atom. The highest BCUT2D eigenvalue weighted by atomic mass is 35.5. The van der Waals surface area contributed by atoms with Crippen LogP contribution in [0.5, 0.6) is 5.75 Å². The minimum atomic E-state index is -0.332. The van der Waals surface area contributed by atoms with Gasteiger partial charge in [-0.1, -0.05) is 49.1 Å². The third-order valence-electron chi connectivity index (χ3n) is 8.76. The van der Waals surface area contributed by atoms with Gasteiger partial charge in [-0.2, -0.15) is 0 Å². The second-order valence-electron chi connectivity index (χ2n) is 12.6. The Labute approximate surface area is 268 Å². The number of benzene rings is 3. The van der Waals surface area contributed by atoms with Crippen molar-refractivity contribution in [1.82, 2.24) is 9.62 Å². The van der Waals surface area contributed by atoms with Crippen LogP contribution in [0.15, 0.2) is 64.9 Å². The van der Waals surface area contributed by atoms with Crippen molar-refractivity contribution in [3.05, 3.63) is 87.9 Å². The molecule has 1 saturated carbocycles. The summed E-state index contributed by atoms with van der Waals surface area (Å²) in [5, 5.41) is 5.16. The first-order valence-corrected chi connectivity index (χ1v) is 17.2. The number of amides is 1. The lowest BCUT2D eigenvalue weighted by molar-refractivity contribution is 0.0706. The van der Waals surface area contributed by atoms with Gasteiger partial charge in [-0.15, -0.1) is 11.3 Å². The average Bonchev–Trinajstić information content (AvgIpc) is 3.30. The Morgan fingerprint density at radius 2 is 1.88 bits per heavy atom. The molecule has 1 fully saturated rings. The van der Waals surface area contributed by atoms with Crippen molar-refractivity contribution in [2.45, 2.75) is 87.7 Å². The third-order valence-corrected chi connectivity index (χ3v) is 11.5. The molecule has 0 radical (unpaired) electrons. The molecule has 2 heterocycles. The van der Waals surface area contributed by atoms with Crippen LogP contribution in [-0.4, -0.2) is 29.5 Å². The number of thiophene rings is 1. The van der Waals surface area contributed by atoms with E-state index in [1.165, 1.54) is 52.0 Å². The smallest absolute Gasteiger partial charge is 0.255 e. The number of nitrogens with zero attached hydrogens (tertiary/aromatic N) is 1. The maximum atomic E-state index is 13.6. The molecule has 0 bridgehead atoms. The molecule has 2 aliphatic rings. The van der Waals surface area contributed by atoms with Crippen LogP contribution in [0.25, 0.3) is 10.1 Å². The summed E-state index contributed by atoms with van der Waals surface area (Å²) in [6.45, 7) is 7.20. The van der Waals surface area contributed by atoms with Gasteiger partial charge in [0.2, 0.25) is 0 Å². The maximum absolute atomic E-state index is 13.6. The zero-order valence-corrected chi connectivity index (χ0v) is 27.7. The summed E-state index contributed by atoms with van der Waals surface area (Å²) < 4.78 is 12.5. The van der Waals surface area contributed by atoms with Gasteiger partial charge in [0.1, 0.15) is 11.4 Å². The standard InChI is InChI=1S/C35H40ClN3O2S2/c1-22-27-19-25(36)15-17-32(27)42-34(22)43-38-30-20-35(2,3)41-31-16-14-23(18-28(30)31)33(40)37-29-13-9-8-10-24(29)21-39(4)26-11-6-5-7-12-26/h8-10,13-19,26,30,38H,5-7,11-12,20-21H2,1-4H3,(H,37,40).